The summed E-state index contributed by atoms with van der Waals surface area (Å²) in [6, 6.07) is 7.99. The minimum atomic E-state index is -0.694. The molecule has 2 rings (SSSR count). The molecule has 1 heterocycles. The molecule has 0 aliphatic carbocycles. The van der Waals surface area contributed by atoms with Gasteiger partial charge in [-0.3, -0.25) is 4.79 Å². The molecule has 7 heteroatoms. The van der Waals surface area contributed by atoms with Crippen LogP contribution in [0.1, 0.15) is 28.6 Å². The number of nitrogens with two attached hydrogens (primary N) is 2. The first-order valence-electron chi connectivity index (χ1n) is 6.53. The van der Waals surface area contributed by atoms with Crippen LogP contribution < -0.4 is 11.5 Å². The highest BCUT2D eigenvalue weighted by molar-refractivity contribution is 5.88. The number of benzene rings is 1. The lowest BCUT2D eigenvalue weighted by Gasteiger charge is -2.16. The largest absolute Gasteiger partial charge is 0.464 e. The van der Waals surface area contributed by atoms with Crippen LogP contribution in [0.15, 0.2) is 36.4 Å². The predicted octanol–water partition coefficient (Wildman–Crippen LogP) is 1.28. The van der Waals surface area contributed by atoms with E-state index in [0.29, 0.717) is 11.4 Å². The third-order valence-corrected chi connectivity index (χ3v) is 3.19. The van der Waals surface area contributed by atoms with Crippen LogP contribution in [0.5, 0.6) is 0 Å². The van der Waals surface area contributed by atoms with Crippen LogP contribution in [-0.4, -0.2) is 23.6 Å². The van der Waals surface area contributed by atoms with Gasteiger partial charge in [0.1, 0.15) is 11.5 Å². The maximum atomic E-state index is 13.1. The summed E-state index contributed by atoms with van der Waals surface area (Å²) in [4.78, 5) is 22.9. The molecule has 0 saturated heterocycles. The van der Waals surface area contributed by atoms with Crippen molar-refractivity contribution >= 4 is 11.9 Å². The molecule has 1 aromatic carbocycles. The van der Waals surface area contributed by atoms with Crippen LogP contribution in [0.2, 0.25) is 0 Å². The Morgan fingerprint density at radius 2 is 1.86 bits per heavy atom. The zero-order valence-corrected chi connectivity index (χ0v) is 12.0. The molecule has 0 radical (unpaired) electrons. The molecule has 2 aromatic rings. The number of nitrogens with zero attached hydrogens (tertiary/aromatic N) is 1. The van der Waals surface area contributed by atoms with E-state index in [2.05, 4.69) is 0 Å². The number of esters is 1. The zero-order chi connectivity index (χ0) is 16.3. The lowest BCUT2D eigenvalue weighted by molar-refractivity contribution is -0.118. The summed E-state index contributed by atoms with van der Waals surface area (Å²) in [7, 11) is 1.26. The van der Waals surface area contributed by atoms with Gasteiger partial charge in [0.05, 0.1) is 13.2 Å². The maximum absolute atomic E-state index is 13.1. The first-order chi connectivity index (χ1) is 10.4. The number of hydrogen-bond donors (Lipinski definition) is 2. The van der Waals surface area contributed by atoms with Crippen molar-refractivity contribution in [1.82, 2.24) is 4.57 Å². The normalized spacial score (nSPS) is 12.0. The fourth-order valence-electron chi connectivity index (χ4n) is 2.21. The first-order valence-corrected chi connectivity index (χ1v) is 6.53. The number of carbonyl (C=O) groups is 2. The first kappa shape index (κ1) is 15.7. The second-order valence-corrected chi connectivity index (χ2v) is 4.72. The van der Waals surface area contributed by atoms with E-state index >= 15 is 0 Å². The number of halogens is 1. The van der Waals surface area contributed by atoms with Gasteiger partial charge in [-0.2, -0.15) is 0 Å². The molecule has 0 fully saturated rings. The summed E-state index contributed by atoms with van der Waals surface area (Å²) in [5.41, 5.74) is 12.4. The van der Waals surface area contributed by atoms with Crippen molar-refractivity contribution in [2.75, 3.05) is 7.11 Å². The van der Waals surface area contributed by atoms with Crippen LogP contribution in [0.25, 0.3) is 5.69 Å². The van der Waals surface area contributed by atoms with E-state index < -0.39 is 23.7 Å². The molecule has 0 aliphatic heterocycles. The minimum Gasteiger partial charge on any atom is -0.464 e. The topological polar surface area (TPSA) is 100 Å². The van der Waals surface area contributed by atoms with Crippen molar-refractivity contribution in [3.05, 3.63) is 53.6 Å². The summed E-state index contributed by atoms with van der Waals surface area (Å²) in [6.07, 6.45) is -0.0776. The van der Waals surface area contributed by atoms with Crippen molar-refractivity contribution in [3.8, 4) is 5.69 Å². The van der Waals surface area contributed by atoms with E-state index in [9.17, 15) is 14.0 Å². The molecule has 1 unspecified atom stereocenters. The van der Waals surface area contributed by atoms with Crippen molar-refractivity contribution < 1.29 is 18.7 Å². The Labute approximate surface area is 126 Å². The lowest BCUT2D eigenvalue weighted by atomic mass is 10.1. The molecule has 116 valence electrons. The van der Waals surface area contributed by atoms with Crippen LogP contribution in [0, 0.1) is 5.82 Å². The molecule has 6 nitrogen and oxygen atoms in total. The molecular formula is C15H16FN3O3. The molecule has 0 aliphatic rings. The highest BCUT2D eigenvalue weighted by atomic mass is 19.1. The Balaban J connectivity index is 2.55. The fourth-order valence-corrected chi connectivity index (χ4v) is 2.21. The second kappa shape index (κ2) is 6.40. The highest BCUT2D eigenvalue weighted by Crippen LogP contribution is 2.24. The fraction of sp³-hybridized carbons (Fsp3) is 0.200. The molecule has 0 bridgehead atoms. The summed E-state index contributed by atoms with van der Waals surface area (Å²) in [5, 5.41) is 0. The highest BCUT2D eigenvalue weighted by Gasteiger charge is 2.21. The predicted molar refractivity (Wildman–Crippen MR) is 77.8 cm³/mol. The van der Waals surface area contributed by atoms with Crippen molar-refractivity contribution in [2.45, 2.75) is 12.5 Å². The average molecular weight is 305 g/mol. The number of primary amides is 1. The van der Waals surface area contributed by atoms with Gasteiger partial charge in [-0.25, -0.2) is 9.18 Å². The van der Waals surface area contributed by atoms with Crippen molar-refractivity contribution in [1.29, 1.82) is 0 Å². The van der Waals surface area contributed by atoms with Crippen molar-refractivity contribution in [2.24, 2.45) is 11.5 Å². The van der Waals surface area contributed by atoms with Crippen LogP contribution in [-0.2, 0) is 9.53 Å². The number of methoxy groups -OCH3 is 1. The molecule has 0 spiro atoms. The summed E-state index contributed by atoms with van der Waals surface area (Å²) >= 11 is 0. The van der Waals surface area contributed by atoms with E-state index in [-0.39, 0.29) is 12.1 Å². The molecule has 0 saturated carbocycles. The number of rotatable bonds is 5. The SMILES string of the molecule is COC(=O)c1ccc(C(N)CC(N)=O)n1-c1ccc(F)cc1. The smallest absolute Gasteiger partial charge is 0.355 e. The third-order valence-electron chi connectivity index (χ3n) is 3.19. The molecule has 4 N–H and O–H groups in total. The van der Waals surface area contributed by atoms with Gasteiger partial charge in [-0.15, -0.1) is 0 Å². The number of amides is 1. The van der Waals surface area contributed by atoms with Crippen LogP contribution in [0.4, 0.5) is 4.39 Å². The molecule has 1 atom stereocenters. The van der Waals surface area contributed by atoms with Gasteiger partial charge in [0.25, 0.3) is 0 Å². The quantitative estimate of drug-likeness (QED) is 0.812. The van der Waals surface area contributed by atoms with Gasteiger partial charge in [0.2, 0.25) is 5.91 Å². The monoisotopic (exact) mass is 305 g/mol. The third kappa shape index (κ3) is 3.15. The van der Waals surface area contributed by atoms with E-state index in [1.165, 1.54) is 42.0 Å². The number of hydrogen-bond acceptors (Lipinski definition) is 4. The van der Waals surface area contributed by atoms with E-state index in [1.54, 1.807) is 6.07 Å². The van der Waals surface area contributed by atoms with Crippen LogP contribution >= 0.6 is 0 Å². The Morgan fingerprint density at radius 3 is 2.41 bits per heavy atom. The summed E-state index contributed by atoms with van der Waals surface area (Å²) < 4.78 is 19.4. The molecule has 1 aromatic heterocycles. The summed E-state index contributed by atoms with van der Waals surface area (Å²) in [6.45, 7) is 0. The van der Waals surface area contributed by atoms with Gasteiger partial charge in [-0.05, 0) is 36.4 Å². The van der Waals surface area contributed by atoms with E-state index in [1.807, 2.05) is 0 Å². The van der Waals surface area contributed by atoms with Gasteiger partial charge in [-0.1, -0.05) is 0 Å². The average Bonchev–Trinajstić information content (AvgIpc) is 2.91. The molecule has 22 heavy (non-hydrogen) atoms. The Hall–Kier alpha value is -2.67. The minimum absolute atomic E-state index is 0.0776. The van der Waals surface area contributed by atoms with Crippen LogP contribution in [0.3, 0.4) is 0 Å². The lowest BCUT2D eigenvalue weighted by Crippen LogP contribution is -2.23. The molecular weight excluding hydrogens is 289 g/mol. The Kier molecular flexibility index (Phi) is 4.57. The van der Waals surface area contributed by atoms with Gasteiger partial charge >= 0.3 is 5.97 Å². The van der Waals surface area contributed by atoms with Crippen molar-refractivity contribution in [3.63, 3.8) is 0 Å². The number of ether oxygens (including phenoxy) is 1. The van der Waals surface area contributed by atoms with Gasteiger partial charge in [0, 0.05) is 17.8 Å². The van der Waals surface area contributed by atoms with E-state index in [0.717, 1.165) is 0 Å². The number of carbonyl (C=O) groups excluding carboxylic acids is 2. The van der Waals surface area contributed by atoms with E-state index in [4.69, 9.17) is 16.2 Å². The summed E-state index contributed by atoms with van der Waals surface area (Å²) in [5.74, 6) is -1.53. The molecule has 1 amide bonds. The second-order valence-electron chi connectivity index (χ2n) is 4.72. The Morgan fingerprint density at radius 1 is 1.23 bits per heavy atom. The van der Waals surface area contributed by atoms with Gasteiger partial charge in [0.15, 0.2) is 0 Å². The number of aromatic nitrogens is 1. The zero-order valence-electron chi connectivity index (χ0n) is 12.0. The maximum Gasteiger partial charge on any atom is 0.355 e. The Bertz CT molecular complexity index is 695. The standard InChI is InChI=1S/C15H16FN3O3/c1-22-15(21)13-7-6-12(11(17)8-14(18)20)19(13)10-4-2-9(16)3-5-10/h2-7,11H,8,17H2,1H3,(H2,18,20). The van der Waals surface area contributed by atoms with Gasteiger partial charge < -0.3 is 20.8 Å².